The smallest absolute Gasteiger partial charge is 0.224 e. The Balaban J connectivity index is 1.33. The Morgan fingerprint density at radius 2 is 1.52 bits per heavy atom. The Bertz CT molecular complexity index is 510. The summed E-state index contributed by atoms with van der Waals surface area (Å²) < 4.78 is 24.5. The highest BCUT2D eigenvalue weighted by Gasteiger charge is 2.64. The molecule has 1 unspecified atom stereocenters. The number of aliphatic hydroxyl groups excluding tert-OH is 1. The Kier molecular flexibility index (Phi) is 10.1. The third-order valence-corrected chi connectivity index (χ3v) is 6.89. The molecule has 3 aliphatic rings. The first-order chi connectivity index (χ1) is 15.0. The van der Waals surface area contributed by atoms with Crippen LogP contribution in [0, 0.1) is 0 Å². The molecule has 3 rings (SSSR count). The maximum absolute atomic E-state index is 10.9. The van der Waals surface area contributed by atoms with E-state index in [2.05, 4.69) is 11.8 Å². The number of hydrogen-bond acceptors (Lipinski definition) is 6. The molecule has 0 aromatic heterocycles. The van der Waals surface area contributed by atoms with Crippen molar-refractivity contribution in [2.24, 2.45) is 0 Å². The summed E-state index contributed by atoms with van der Waals surface area (Å²) in [6.45, 7) is 9.91. The number of ether oxygens (including phenoxy) is 4. The molecule has 3 aliphatic heterocycles. The second-order valence-electron chi connectivity index (χ2n) is 10.2. The van der Waals surface area contributed by atoms with Crippen molar-refractivity contribution in [3.63, 3.8) is 0 Å². The maximum Gasteiger partial charge on any atom is 0.224 e. The van der Waals surface area contributed by atoms with Gasteiger partial charge >= 0.3 is 0 Å². The van der Waals surface area contributed by atoms with Crippen molar-refractivity contribution < 1.29 is 24.1 Å². The second-order valence-corrected chi connectivity index (χ2v) is 10.2. The summed E-state index contributed by atoms with van der Waals surface area (Å²) in [4.78, 5) is 2.36. The molecule has 6 heteroatoms. The fourth-order valence-corrected chi connectivity index (χ4v) is 5.25. The molecule has 0 aliphatic carbocycles. The van der Waals surface area contributed by atoms with Crippen LogP contribution in [0.5, 0.6) is 0 Å². The van der Waals surface area contributed by atoms with Gasteiger partial charge < -0.3 is 29.0 Å². The van der Waals surface area contributed by atoms with Crippen LogP contribution in [0.2, 0.25) is 0 Å². The summed E-state index contributed by atoms with van der Waals surface area (Å²) in [5, 5.41) is 10.9. The predicted molar refractivity (Wildman–Crippen MR) is 122 cm³/mol. The van der Waals surface area contributed by atoms with E-state index in [4.69, 9.17) is 18.9 Å². The lowest BCUT2D eigenvalue weighted by Gasteiger charge is -2.29. The van der Waals surface area contributed by atoms with E-state index in [1.54, 1.807) is 0 Å². The minimum absolute atomic E-state index is 0.292. The highest BCUT2D eigenvalue weighted by Crippen LogP contribution is 2.45. The zero-order valence-electron chi connectivity index (χ0n) is 20.3. The van der Waals surface area contributed by atoms with Gasteiger partial charge in [-0.15, -0.1) is 0 Å². The lowest BCUT2D eigenvalue weighted by Crippen LogP contribution is -2.45. The Morgan fingerprint density at radius 1 is 0.903 bits per heavy atom. The number of likely N-dealkylation sites (tertiary alicyclic amines) is 1. The quantitative estimate of drug-likeness (QED) is 0.374. The third-order valence-electron chi connectivity index (χ3n) is 6.89. The topological polar surface area (TPSA) is 60.4 Å². The van der Waals surface area contributed by atoms with Crippen LogP contribution in [-0.2, 0) is 18.9 Å². The normalized spacial score (nSPS) is 32.7. The van der Waals surface area contributed by atoms with Gasteiger partial charge in [0.15, 0.2) is 5.79 Å². The molecule has 0 spiro atoms. The van der Waals surface area contributed by atoms with Gasteiger partial charge in [0.25, 0.3) is 0 Å². The molecule has 3 saturated heterocycles. The molecule has 182 valence electrons. The largest absolute Gasteiger partial charge is 0.387 e. The van der Waals surface area contributed by atoms with Gasteiger partial charge in [0.1, 0.15) is 24.9 Å². The van der Waals surface area contributed by atoms with Crippen molar-refractivity contribution in [1.29, 1.82) is 0 Å². The molecule has 0 radical (unpaired) electrons. The number of unbranched alkanes of at least 4 members (excludes halogenated alkanes) is 9. The van der Waals surface area contributed by atoms with E-state index in [-0.39, 0.29) is 6.10 Å². The SMILES string of the molecule is CCCCCCCCCCCCOCC12O[C@H](CN3CCCC3)[C@H](O)[C@H]1OC(C)(C)O2. The summed E-state index contributed by atoms with van der Waals surface area (Å²) in [6.07, 6.45) is 14.1. The molecular weight excluding hydrogens is 394 g/mol. The van der Waals surface area contributed by atoms with Gasteiger partial charge in [-0.3, -0.25) is 0 Å². The maximum atomic E-state index is 10.9. The van der Waals surface area contributed by atoms with E-state index < -0.39 is 23.8 Å². The van der Waals surface area contributed by atoms with Crippen LogP contribution >= 0.6 is 0 Å². The fourth-order valence-electron chi connectivity index (χ4n) is 5.25. The lowest BCUT2D eigenvalue weighted by molar-refractivity contribution is -0.279. The Hall–Kier alpha value is -0.240. The van der Waals surface area contributed by atoms with E-state index in [1.807, 2.05) is 13.8 Å². The number of hydrogen-bond donors (Lipinski definition) is 1. The van der Waals surface area contributed by atoms with Crippen LogP contribution in [0.3, 0.4) is 0 Å². The highest BCUT2D eigenvalue weighted by atomic mass is 16.9. The van der Waals surface area contributed by atoms with Gasteiger partial charge in [0, 0.05) is 13.2 Å². The van der Waals surface area contributed by atoms with Gasteiger partial charge in [-0.25, -0.2) is 0 Å². The highest BCUT2D eigenvalue weighted by molar-refractivity contribution is 5.03. The lowest BCUT2D eigenvalue weighted by atomic mass is 10.1. The van der Waals surface area contributed by atoms with Gasteiger partial charge in [0.2, 0.25) is 5.79 Å². The van der Waals surface area contributed by atoms with Gasteiger partial charge in [0.05, 0.1) is 0 Å². The Labute approximate surface area is 189 Å². The molecule has 3 fully saturated rings. The number of aliphatic hydroxyl groups is 1. The van der Waals surface area contributed by atoms with Crippen LogP contribution < -0.4 is 0 Å². The van der Waals surface area contributed by atoms with E-state index in [0.29, 0.717) is 13.2 Å². The minimum Gasteiger partial charge on any atom is -0.387 e. The first-order valence-electron chi connectivity index (χ1n) is 13.0. The van der Waals surface area contributed by atoms with Crippen molar-refractivity contribution in [1.82, 2.24) is 4.90 Å². The van der Waals surface area contributed by atoms with E-state index in [9.17, 15) is 5.11 Å². The summed E-state index contributed by atoms with van der Waals surface area (Å²) >= 11 is 0. The molecule has 0 saturated carbocycles. The molecule has 0 aromatic carbocycles. The third kappa shape index (κ3) is 7.38. The van der Waals surface area contributed by atoms with Gasteiger partial charge in [-0.2, -0.15) is 0 Å². The van der Waals surface area contributed by atoms with Crippen LogP contribution in [0.1, 0.15) is 97.8 Å². The summed E-state index contributed by atoms with van der Waals surface area (Å²) in [7, 11) is 0. The standard InChI is InChI=1S/C25H47NO5/c1-4-5-6-7-8-9-10-11-12-15-18-28-20-25-23(30-24(2,3)31-25)22(27)21(29-25)19-26-16-13-14-17-26/h21-23,27H,4-20H2,1-3H3/t21-,22+,23-,25?/m1/s1. The van der Waals surface area contributed by atoms with E-state index in [0.717, 1.165) is 26.1 Å². The second kappa shape index (κ2) is 12.3. The number of rotatable bonds is 15. The molecule has 4 atom stereocenters. The first kappa shape index (κ1) is 25.4. The number of fused-ring (bicyclic) bond motifs is 1. The molecular formula is C25H47NO5. The van der Waals surface area contributed by atoms with Gasteiger partial charge in [-0.1, -0.05) is 64.7 Å². The average molecular weight is 442 g/mol. The van der Waals surface area contributed by atoms with Crippen molar-refractivity contribution in [2.45, 2.75) is 128 Å². The zero-order valence-corrected chi connectivity index (χ0v) is 20.3. The van der Waals surface area contributed by atoms with Crippen molar-refractivity contribution in [3.05, 3.63) is 0 Å². The first-order valence-corrected chi connectivity index (χ1v) is 13.0. The molecule has 3 heterocycles. The minimum atomic E-state index is -0.994. The molecule has 0 aromatic rings. The summed E-state index contributed by atoms with van der Waals surface area (Å²) in [5.74, 6) is -1.77. The molecule has 31 heavy (non-hydrogen) atoms. The monoisotopic (exact) mass is 441 g/mol. The van der Waals surface area contributed by atoms with Crippen LogP contribution in [0.25, 0.3) is 0 Å². The van der Waals surface area contributed by atoms with Crippen LogP contribution in [0.4, 0.5) is 0 Å². The van der Waals surface area contributed by atoms with Crippen molar-refractivity contribution in [3.8, 4) is 0 Å². The molecule has 6 nitrogen and oxygen atoms in total. The van der Waals surface area contributed by atoms with Crippen LogP contribution in [0.15, 0.2) is 0 Å². The molecule has 0 amide bonds. The van der Waals surface area contributed by atoms with Crippen LogP contribution in [-0.4, -0.2) is 72.7 Å². The molecule has 1 N–H and O–H groups in total. The fraction of sp³-hybridized carbons (Fsp3) is 1.00. The average Bonchev–Trinajstić information content (AvgIpc) is 3.38. The Morgan fingerprint density at radius 3 is 2.16 bits per heavy atom. The predicted octanol–water partition coefficient (Wildman–Crippen LogP) is 4.63. The summed E-state index contributed by atoms with van der Waals surface area (Å²) in [5.41, 5.74) is 0. The van der Waals surface area contributed by atoms with Crippen molar-refractivity contribution in [2.75, 3.05) is 32.8 Å². The molecule has 0 bridgehead atoms. The van der Waals surface area contributed by atoms with E-state index >= 15 is 0 Å². The zero-order chi connectivity index (χ0) is 22.2. The number of nitrogens with zero attached hydrogens (tertiary/aromatic N) is 1. The van der Waals surface area contributed by atoms with Gasteiger partial charge in [-0.05, 0) is 46.2 Å². The van der Waals surface area contributed by atoms with E-state index in [1.165, 1.54) is 70.6 Å². The van der Waals surface area contributed by atoms with Crippen molar-refractivity contribution >= 4 is 0 Å². The summed E-state index contributed by atoms with van der Waals surface area (Å²) in [6, 6.07) is 0.